The number of esters is 1. The number of hydrogen-bond acceptors (Lipinski definition) is 2. The van der Waals surface area contributed by atoms with Crippen molar-refractivity contribution >= 4 is 21.9 Å². The van der Waals surface area contributed by atoms with Gasteiger partial charge in [-0.2, -0.15) is 0 Å². The van der Waals surface area contributed by atoms with Crippen molar-refractivity contribution in [1.82, 2.24) is 0 Å². The van der Waals surface area contributed by atoms with Gasteiger partial charge in [-0.1, -0.05) is 35.8 Å². The van der Waals surface area contributed by atoms with Gasteiger partial charge in [0.15, 0.2) is 0 Å². The molecule has 0 atom stereocenters. The summed E-state index contributed by atoms with van der Waals surface area (Å²) in [5.74, 6) is 0.529. The highest BCUT2D eigenvalue weighted by molar-refractivity contribution is 9.10. The molecule has 0 unspecified atom stereocenters. The molecule has 14 heavy (non-hydrogen) atoms. The zero-order valence-corrected chi connectivity index (χ0v) is 9.72. The van der Waals surface area contributed by atoms with Gasteiger partial charge in [0, 0.05) is 15.5 Å². The van der Waals surface area contributed by atoms with Crippen molar-refractivity contribution < 1.29 is 9.53 Å². The van der Waals surface area contributed by atoms with Crippen LogP contribution >= 0.6 is 15.9 Å². The van der Waals surface area contributed by atoms with Crippen molar-refractivity contribution in [3.05, 3.63) is 28.2 Å². The Labute approximate surface area is 91.4 Å². The van der Waals surface area contributed by atoms with Crippen LogP contribution in [0.1, 0.15) is 25.8 Å². The molecule has 0 bridgehead atoms. The smallest absolute Gasteiger partial charge is 0.312 e. The van der Waals surface area contributed by atoms with Crippen LogP contribution in [0.2, 0.25) is 0 Å². The normalized spacial score (nSPS) is 18.6. The van der Waals surface area contributed by atoms with Crippen LogP contribution in [0.5, 0.6) is 5.75 Å². The number of halogens is 1. The molecule has 3 heteroatoms. The van der Waals surface area contributed by atoms with Gasteiger partial charge in [0.1, 0.15) is 5.75 Å². The SMILES string of the molecule is CC1(C)CC(=O)Oc2cc(Br)ccc21. The van der Waals surface area contributed by atoms with Crippen molar-refractivity contribution in [3.63, 3.8) is 0 Å². The Morgan fingerprint density at radius 3 is 2.86 bits per heavy atom. The molecule has 0 radical (unpaired) electrons. The summed E-state index contributed by atoms with van der Waals surface area (Å²) >= 11 is 3.36. The lowest BCUT2D eigenvalue weighted by Gasteiger charge is -2.30. The zero-order chi connectivity index (χ0) is 10.3. The van der Waals surface area contributed by atoms with Gasteiger partial charge in [-0.25, -0.2) is 0 Å². The average Bonchev–Trinajstić information content (AvgIpc) is 2.00. The molecule has 0 saturated heterocycles. The molecule has 74 valence electrons. The van der Waals surface area contributed by atoms with Crippen molar-refractivity contribution in [3.8, 4) is 5.75 Å². The van der Waals surface area contributed by atoms with E-state index in [9.17, 15) is 4.79 Å². The quantitative estimate of drug-likeness (QED) is 0.526. The van der Waals surface area contributed by atoms with Crippen molar-refractivity contribution in [2.75, 3.05) is 0 Å². The molecule has 1 aliphatic rings. The van der Waals surface area contributed by atoms with Gasteiger partial charge in [-0.3, -0.25) is 4.79 Å². The number of hydrogen-bond donors (Lipinski definition) is 0. The first-order chi connectivity index (χ1) is 6.49. The van der Waals surface area contributed by atoms with E-state index in [0.29, 0.717) is 12.2 Å². The monoisotopic (exact) mass is 254 g/mol. The first kappa shape index (κ1) is 9.71. The number of carbonyl (C=O) groups is 1. The molecule has 0 aliphatic carbocycles. The first-order valence-electron chi connectivity index (χ1n) is 4.50. The van der Waals surface area contributed by atoms with Gasteiger partial charge in [0.25, 0.3) is 0 Å². The Bertz CT molecular complexity index is 396. The van der Waals surface area contributed by atoms with E-state index in [-0.39, 0.29) is 11.4 Å². The lowest BCUT2D eigenvalue weighted by Crippen LogP contribution is -2.30. The summed E-state index contributed by atoms with van der Waals surface area (Å²) in [6.45, 7) is 4.11. The van der Waals surface area contributed by atoms with Crippen LogP contribution in [-0.2, 0) is 10.2 Å². The van der Waals surface area contributed by atoms with E-state index in [2.05, 4.69) is 29.8 Å². The van der Waals surface area contributed by atoms with Crippen molar-refractivity contribution in [2.24, 2.45) is 0 Å². The molecule has 2 rings (SSSR count). The molecular weight excluding hydrogens is 244 g/mol. The van der Waals surface area contributed by atoms with Gasteiger partial charge in [-0.05, 0) is 12.1 Å². The van der Waals surface area contributed by atoms with Crippen LogP contribution in [0.25, 0.3) is 0 Å². The fourth-order valence-electron chi connectivity index (χ4n) is 1.75. The molecule has 1 aliphatic heterocycles. The average molecular weight is 255 g/mol. The summed E-state index contributed by atoms with van der Waals surface area (Å²) in [6.07, 6.45) is 0.446. The van der Waals surface area contributed by atoms with Gasteiger partial charge in [0.05, 0.1) is 6.42 Å². The molecule has 0 aromatic heterocycles. The molecule has 0 N–H and O–H groups in total. The molecule has 0 spiro atoms. The van der Waals surface area contributed by atoms with Crippen LogP contribution in [0.3, 0.4) is 0 Å². The first-order valence-corrected chi connectivity index (χ1v) is 5.29. The van der Waals surface area contributed by atoms with E-state index >= 15 is 0 Å². The Morgan fingerprint density at radius 1 is 1.43 bits per heavy atom. The topological polar surface area (TPSA) is 26.3 Å². The maximum atomic E-state index is 11.3. The van der Waals surface area contributed by atoms with E-state index in [1.807, 2.05) is 18.2 Å². The summed E-state index contributed by atoms with van der Waals surface area (Å²) in [6, 6.07) is 5.82. The Kier molecular flexibility index (Phi) is 2.14. The van der Waals surface area contributed by atoms with Crippen LogP contribution in [-0.4, -0.2) is 5.97 Å². The Hall–Kier alpha value is -0.830. The zero-order valence-electron chi connectivity index (χ0n) is 8.13. The van der Waals surface area contributed by atoms with E-state index in [1.54, 1.807) is 0 Å². The van der Waals surface area contributed by atoms with Gasteiger partial charge in [-0.15, -0.1) is 0 Å². The Balaban J connectivity index is 2.57. The second kappa shape index (κ2) is 3.09. The number of benzene rings is 1. The van der Waals surface area contributed by atoms with Crippen molar-refractivity contribution in [2.45, 2.75) is 25.7 Å². The van der Waals surface area contributed by atoms with E-state index in [1.165, 1.54) is 0 Å². The molecule has 1 aromatic rings. The van der Waals surface area contributed by atoms with Gasteiger partial charge < -0.3 is 4.74 Å². The molecule has 0 saturated carbocycles. The third kappa shape index (κ3) is 1.57. The van der Waals surface area contributed by atoms with Crippen LogP contribution < -0.4 is 4.74 Å². The minimum atomic E-state index is -0.152. The summed E-state index contributed by atoms with van der Waals surface area (Å²) in [5.41, 5.74) is 0.978. The number of ether oxygens (including phenoxy) is 1. The van der Waals surface area contributed by atoms with Gasteiger partial charge in [0.2, 0.25) is 0 Å². The highest BCUT2D eigenvalue weighted by Gasteiger charge is 2.33. The van der Waals surface area contributed by atoms with E-state index in [4.69, 9.17) is 4.74 Å². The second-order valence-electron chi connectivity index (χ2n) is 4.18. The Morgan fingerprint density at radius 2 is 2.14 bits per heavy atom. The molecule has 2 nitrogen and oxygen atoms in total. The molecule has 1 aromatic carbocycles. The standard InChI is InChI=1S/C11H11BrO2/c1-11(2)6-10(13)14-9-5-7(12)3-4-8(9)11/h3-5H,6H2,1-2H3. The summed E-state index contributed by atoms with van der Waals surface area (Å²) in [7, 11) is 0. The maximum absolute atomic E-state index is 11.3. The molecular formula is C11H11BrO2. The number of carbonyl (C=O) groups excluding carboxylic acids is 1. The summed E-state index contributed by atoms with van der Waals surface area (Å²) < 4.78 is 6.11. The highest BCUT2D eigenvalue weighted by Crippen LogP contribution is 2.39. The highest BCUT2D eigenvalue weighted by atomic mass is 79.9. The summed E-state index contributed by atoms with van der Waals surface area (Å²) in [5, 5.41) is 0. The maximum Gasteiger partial charge on any atom is 0.312 e. The second-order valence-corrected chi connectivity index (χ2v) is 5.09. The van der Waals surface area contributed by atoms with Crippen LogP contribution in [0.4, 0.5) is 0 Å². The number of fused-ring (bicyclic) bond motifs is 1. The molecule has 0 fully saturated rings. The third-order valence-electron chi connectivity index (χ3n) is 2.48. The lowest BCUT2D eigenvalue weighted by atomic mass is 9.80. The largest absolute Gasteiger partial charge is 0.426 e. The van der Waals surface area contributed by atoms with Gasteiger partial charge >= 0.3 is 5.97 Å². The predicted molar refractivity (Wildman–Crippen MR) is 57.4 cm³/mol. The fraction of sp³-hybridized carbons (Fsp3) is 0.364. The molecule has 0 amide bonds. The minimum absolute atomic E-state index is 0.120. The minimum Gasteiger partial charge on any atom is -0.426 e. The number of rotatable bonds is 0. The van der Waals surface area contributed by atoms with E-state index in [0.717, 1.165) is 10.0 Å². The van der Waals surface area contributed by atoms with E-state index < -0.39 is 0 Å². The third-order valence-corrected chi connectivity index (χ3v) is 2.98. The lowest BCUT2D eigenvalue weighted by molar-refractivity contribution is -0.136. The summed E-state index contributed by atoms with van der Waals surface area (Å²) in [4.78, 5) is 11.3. The van der Waals surface area contributed by atoms with Crippen molar-refractivity contribution in [1.29, 1.82) is 0 Å². The van der Waals surface area contributed by atoms with Crippen LogP contribution in [0.15, 0.2) is 22.7 Å². The fourth-order valence-corrected chi connectivity index (χ4v) is 2.09. The molecule has 1 heterocycles. The predicted octanol–water partition coefficient (Wildman–Crippen LogP) is 3.04. The van der Waals surface area contributed by atoms with Crippen LogP contribution in [0, 0.1) is 0 Å².